The number of rotatable bonds is 6. The second kappa shape index (κ2) is 14.3. The maximum absolute atomic E-state index is 11.8. The molecule has 3 fully saturated rings. The fourth-order valence-corrected chi connectivity index (χ4v) is 3.30. The van der Waals surface area contributed by atoms with Crippen LogP contribution in [0.5, 0.6) is 0 Å². The molecule has 1 saturated heterocycles. The molecule has 1 amide bonds. The Balaban J connectivity index is 0.000000277. The fourth-order valence-electron chi connectivity index (χ4n) is 3.30. The predicted molar refractivity (Wildman–Crippen MR) is 135 cm³/mol. The second-order valence-electron chi connectivity index (χ2n) is 9.26. The summed E-state index contributed by atoms with van der Waals surface area (Å²) in [4.78, 5) is 23.5. The molecule has 0 aromatic heterocycles. The number of carbonyl (C=O) groups excluding carboxylic acids is 2. The molecule has 37 heavy (non-hydrogen) atoms. The van der Waals surface area contributed by atoms with Crippen LogP contribution in [-0.2, 0) is 47.4 Å². The van der Waals surface area contributed by atoms with E-state index in [1.807, 2.05) is 68.9 Å². The maximum atomic E-state index is 11.8. The molecular weight excluding hydrogens is 514 g/mol. The standard InChI is InChI=1S/C17H16NO4.C12H17O2.Fe/c1-21-16(19)15(11-13-7-5-6-8-13)18-17(20)22-12-14-9-3-2-4-10-14;1-11(2)12(3,4)14-10(13-11)9-7-5-6-8-9;/h2-11H,12H2,1H3,(H,18,20);5-8,10H,1-4H3;/q;;+2/b15-11-;;. The molecule has 0 atom stereocenters. The molecule has 2 saturated carbocycles. The number of methoxy groups -OCH3 is 1. The van der Waals surface area contributed by atoms with Crippen LogP contribution in [0.15, 0.2) is 42.1 Å². The minimum atomic E-state index is -0.716. The van der Waals surface area contributed by atoms with Gasteiger partial charge in [-0.3, -0.25) is 5.32 Å². The quantitative estimate of drug-likeness (QED) is 0.316. The Bertz CT molecular complexity index is 873. The second-order valence-corrected chi connectivity index (χ2v) is 9.26. The summed E-state index contributed by atoms with van der Waals surface area (Å²) in [6.07, 6.45) is 15.9. The van der Waals surface area contributed by atoms with Crippen molar-refractivity contribution in [1.29, 1.82) is 0 Å². The van der Waals surface area contributed by atoms with Crippen molar-refractivity contribution in [2.45, 2.75) is 51.8 Å². The van der Waals surface area contributed by atoms with Crippen molar-refractivity contribution in [1.82, 2.24) is 5.32 Å². The minimum Gasteiger partial charge on any atom is -0.464 e. The van der Waals surface area contributed by atoms with E-state index in [-0.39, 0.29) is 46.9 Å². The summed E-state index contributed by atoms with van der Waals surface area (Å²) in [7, 11) is 1.25. The Morgan fingerprint density at radius 1 is 0.919 bits per heavy atom. The average Bonchev–Trinajstić information content (AvgIpc) is 3.60. The summed E-state index contributed by atoms with van der Waals surface area (Å²) in [5, 5.41) is 2.40. The van der Waals surface area contributed by atoms with Crippen LogP contribution in [0.2, 0.25) is 0 Å². The molecule has 1 N–H and O–H groups in total. The molecule has 0 spiro atoms. The van der Waals surface area contributed by atoms with E-state index in [4.69, 9.17) is 14.2 Å². The summed E-state index contributed by atoms with van der Waals surface area (Å²) in [6.45, 7) is 8.38. The summed E-state index contributed by atoms with van der Waals surface area (Å²) in [6, 6.07) is 9.27. The number of hydrogen-bond acceptors (Lipinski definition) is 6. The molecule has 1 aromatic carbocycles. The smallest absolute Gasteiger partial charge is 0.464 e. The molecule has 0 unspecified atom stereocenters. The van der Waals surface area contributed by atoms with Crippen molar-refractivity contribution in [2.75, 3.05) is 7.11 Å². The zero-order chi connectivity index (χ0) is 26.2. The monoisotopic (exact) mass is 547 g/mol. The normalized spacial score (nSPS) is 21.5. The van der Waals surface area contributed by atoms with E-state index in [2.05, 4.69) is 37.7 Å². The number of nitrogens with one attached hydrogen (secondary N) is 1. The number of hydrogen-bond donors (Lipinski definition) is 1. The zero-order valence-electron chi connectivity index (χ0n) is 21.7. The number of amides is 1. The predicted octanol–water partition coefficient (Wildman–Crippen LogP) is 4.69. The van der Waals surface area contributed by atoms with Crippen LogP contribution in [0.1, 0.15) is 33.3 Å². The van der Waals surface area contributed by atoms with Gasteiger partial charge < -0.3 is 18.9 Å². The van der Waals surface area contributed by atoms with Crippen molar-refractivity contribution >= 4 is 12.1 Å². The Morgan fingerprint density at radius 2 is 1.46 bits per heavy atom. The minimum absolute atomic E-state index is 0. The van der Waals surface area contributed by atoms with E-state index < -0.39 is 12.1 Å². The largest absolute Gasteiger partial charge is 2.00 e. The van der Waals surface area contributed by atoms with Crippen LogP contribution in [0.25, 0.3) is 0 Å². The molecule has 1 heterocycles. The number of esters is 1. The number of alkyl carbamates (subject to hydrolysis) is 1. The van der Waals surface area contributed by atoms with E-state index >= 15 is 0 Å². The molecule has 10 radical (unpaired) electrons. The molecule has 1 aliphatic heterocycles. The van der Waals surface area contributed by atoms with Crippen LogP contribution in [0.3, 0.4) is 0 Å². The van der Waals surface area contributed by atoms with Gasteiger partial charge in [-0.2, -0.15) is 0 Å². The van der Waals surface area contributed by atoms with Crippen LogP contribution in [-0.4, -0.2) is 36.7 Å². The van der Waals surface area contributed by atoms with Gasteiger partial charge in [-0.1, -0.05) is 30.3 Å². The first-order valence-corrected chi connectivity index (χ1v) is 11.7. The van der Waals surface area contributed by atoms with Gasteiger partial charge >= 0.3 is 29.1 Å². The van der Waals surface area contributed by atoms with Gasteiger partial charge in [0.15, 0.2) is 6.29 Å². The van der Waals surface area contributed by atoms with Gasteiger partial charge in [0.05, 0.1) is 18.3 Å². The van der Waals surface area contributed by atoms with Gasteiger partial charge in [0, 0.05) is 11.8 Å². The van der Waals surface area contributed by atoms with Gasteiger partial charge in [0.2, 0.25) is 0 Å². The van der Waals surface area contributed by atoms with E-state index in [1.165, 1.54) is 13.2 Å². The van der Waals surface area contributed by atoms with Crippen molar-refractivity contribution in [3.05, 3.63) is 111 Å². The Hall–Kier alpha value is -1.86. The molecular formula is C29H33FeNO6+2. The van der Waals surface area contributed by atoms with Crippen molar-refractivity contribution in [3.63, 3.8) is 0 Å². The molecule has 196 valence electrons. The molecule has 4 rings (SSSR count). The van der Waals surface area contributed by atoms with Gasteiger partial charge in [-0.05, 0) is 90.7 Å². The Morgan fingerprint density at radius 3 is 2.00 bits per heavy atom. The molecule has 0 bridgehead atoms. The third-order valence-electron chi connectivity index (χ3n) is 6.07. The van der Waals surface area contributed by atoms with Crippen LogP contribution in [0, 0.1) is 63.2 Å². The van der Waals surface area contributed by atoms with E-state index in [1.54, 1.807) is 12.8 Å². The topological polar surface area (TPSA) is 83.1 Å². The van der Waals surface area contributed by atoms with Crippen molar-refractivity contribution < 1.29 is 45.6 Å². The van der Waals surface area contributed by atoms with Crippen LogP contribution < -0.4 is 5.32 Å². The number of benzene rings is 1. The summed E-state index contributed by atoms with van der Waals surface area (Å²) in [5.74, 6) is 1.24. The SMILES string of the molecule is CC1(C)OC([C]2[CH][CH][CH][CH]2)OC1(C)C.COC(=O)/C(=C/[C]1[CH][CH][CH][CH]1)NC(=O)OCc1ccccc1.[Fe+2]. The molecule has 7 nitrogen and oxygen atoms in total. The van der Waals surface area contributed by atoms with E-state index in [0.29, 0.717) is 0 Å². The average molecular weight is 547 g/mol. The zero-order valence-corrected chi connectivity index (χ0v) is 22.8. The van der Waals surface area contributed by atoms with Crippen LogP contribution in [0.4, 0.5) is 4.79 Å². The Kier molecular flexibility index (Phi) is 12.2. The molecule has 1 aromatic rings. The first-order chi connectivity index (χ1) is 17.1. The van der Waals surface area contributed by atoms with Gasteiger partial charge in [-0.15, -0.1) is 0 Å². The third-order valence-corrected chi connectivity index (χ3v) is 6.07. The maximum Gasteiger partial charge on any atom is 2.00 e. The number of ether oxygens (including phenoxy) is 4. The van der Waals surface area contributed by atoms with Gasteiger partial charge in [0.25, 0.3) is 0 Å². The number of allylic oxidation sites excluding steroid dienone is 1. The summed E-state index contributed by atoms with van der Waals surface area (Å²) >= 11 is 0. The molecule has 8 heteroatoms. The molecule has 2 aliphatic carbocycles. The fraction of sp³-hybridized carbons (Fsp3) is 0.310. The van der Waals surface area contributed by atoms with Crippen molar-refractivity contribution in [2.24, 2.45) is 0 Å². The van der Waals surface area contributed by atoms with Gasteiger partial charge in [-0.25, -0.2) is 9.59 Å². The first kappa shape index (κ1) is 31.4. The summed E-state index contributed by atoms with van der Waals surface area (Å²) < 4.78 is 21.5. The van der Waals surface area contributed by atoms with Gasteiger partial charge in [0.1, 0.15) is 12.3 Å². The first-order valence-electron chi connectivity index (χ1n) is 11.7. The Labute approximate surface area is 232 Å². The third kappa shape index (κ3) is 9.13. The van der Waals surface area contributed by atoms with Crippen molar-refractivity contribution in [3.8, 4) is 0 Å². The van der Waals surface area contributed by atoms with Crippen LogP contribution >= 0.6 is 0 Å². The number of carbonyl (C=O) groups is 2. The van der Waals surface area contributed by atoms with E-state index in [0.717, 1.165) is 17.4 Å². The van der Waals surface area contributed by atoms with E-state index in [9.17, 15) is 9.59 Å². The molecule has 3 aliphatic rings. The summed E-state index contributed by atoms with van der Waals surface area (Å²) in [5.41, 5.74) is 0.396.